The number of hydrogen-bond donors (Lipinski definition) is 2. The van der Waals surface area contributed by atoms with Crippen molar-refractivity contribution in [1.82, 2.24) is 9.62 Å². The molecule has 6 nitrogen and oxygen atoms in total. The summed E-state index contributed by atoms with van der Waals surface area (Å²) in [4.78, 5) is 12.0. The van der Waals surface area contributed by atoms with E-state index < -0.39 is 21.5 Å². The van der Waals surface area contributed by atoms with Crippen molar-refractivity contribution in [1.29, 1.82) is 0 Å². The van der Waals surface area contributed by atoms with Gasteiger partial charge in [-0.05, 0) is 37.5 Å². The maximum absolute atomic E-state index is 12.0. The predicted molar refractivity (Wildman–Crippen MR) is 80.0 cm³/mol. The highest BCUT2D eigenvalue weighted by molar-refractivity contribution is 7.89. The molecule has 1 atom stereocenters. The number of amides is 1. The zero-order valence-electron chi connectivity index (χ0n) is 12.5. The smallest absolute Gasteiger partial charge is 0.242 e. The number of benzene rings is 1. The summed E-state index contributed by atoms with van der Waals surface area (Å²) in [6, 6.07) is 6.57. The standard InChI is InChI=1S/C14H21N3O3S/c1-14(13(15)18,16-11-6-7-11)10-4-8-12(9-5-10)21(19,20)17(2)3/h4-5,8-9,11,16H,6-7H2,1-3H3,(H2,15,18). The van der Waals surface area contributed by atoms with E-state index in [1.807, 2.05) is 0 Å². The summed E-state index contributed by atoms with van der Waals surface area (Å²) in [7, 11) is -0.518. The van der Waals surface area contributed by atoms with Crippen LogP contribution in [0.2, 0.25) is 0 Å². The minimum atomic E-state index is -3.47. The van der Waals surface area contributed by atoms with E-state index in [9.17, 15) is 13.2 Å². The maximum Gasteiger partial charge on any atom is 0.242 e. The van der Waals surface area contributed by atoms with Crippen molar-refractivity contribution in [2.45, 2.75) is 36.2 Å². The molecule has 0 spiro atoms. The Morgan fingerprint density at radius 1 is 1.29 bits per heavy atom. The molecule has 0 bridgehead atoms. The zero-order chi connectivity index (χ0) is 15.8. The van der Waals surface area contributed by atoms with Crippen LogP contribution in [0.5, 0.6) is 0 Å². The summed E-state index contributed by atoms with van der Waals surface area (Å²) in [5.74, 6) is -0.474. The Balaban J connectivity index is 2.34. The van der Waals surface area contributed by atoms with E-state index in [0.717, 1.165) is 17.1 Å². The van der Waals surface area contributed by atoms with Gasteiger partial charge in [0.25, 0.3) is 0 Å². The van der Waals surface area contributed by atoms with Crippen molar-refractivity contribution in [2.24, 2.45) is 5.73 Å². The number of rotatable bonds is 6. The van der Waals surface area contributed by atoms with Crippen molar-refractivity contribution < 1.29 is 13.2 Å². The highest BCUT2D eigenvalue weighted by Crippen LogP contribution is 2.29. The highest BCUT2D eigenvalue weighted by Gasteiger charge is 2.38. The molecule has 0 saturated heterocycles. The molecule has 1 fully saturated rings. The Labute approximate surface area is 125 Å². The average Bonchev–Trinajstić information content (AvgIpc) is 3.22. The number of carbonyl (C=O) groups excluding carboxylic acids is 1. The van der Waals surface area contributed by atoms with Gasteiger partial charge in [-0.3, -0.25) is 10.1 Å². The second kappa shape index (κ2) is 5.40. The van der Waals surface area contributed by atoms with Crippen LogP contribution in [0.3, 0.4) is 0 Å². The molecule has 116 valence electrons. The number of nitrogens with one attached hydrogen (secondary N) is 1. The van der Waals surface area contributed by atoms with Crippen LogP contribution in [-0.2, 0) is 20.4 Å². The lowest BCUT2D eigenvalue weighted by atomic mass is 9.91. The molecule has 1 amide bonds. The van der Waals surface area contributed by atoms with Gasteiger partial charge in [0.15, 0.2) is 0 Å². The van der Waals surface area contributed by atoms with Gasteiger partial charge < -0.3 is 5.73 Å². The van der Waals surface area contributed by atoms with Crippen molar-refractivity contribution in [3.63, 3.8) is 0 Å². The first kappa shape index (κ1) is 15.9. The van der Waals surface area contributed by atoms with Gasteiger partial charge in [-0.1, -0.05) is 12.1 Å². The largest absolute Gasteiger partial charge is 0.368 e. The zero-order valence-corrected chi connectivity index (χ0v) is 13.3. The summed E-state index contributed by atoms with van der Waals surface area (Å²) >= 11 is 0. The first-order valence-corrected chi connectivity index (χ1v) is 8.22. The number of carbonyl (C=O) groups is 1. The van der Waals surface area contributed by atoms with Crippen LogP contribution in [0.1, 0.15) is 25.3 Å². The first-order chi connectivity index (χ1) is 9.68. The summed E-state index contributed by atoms with van der Waals surface area (Å²) in [5, 5.41) is 3.23. The fourth-order valence-electron chi connectivity index (χ4n) is 2.10. The quantitative estimate of drug-likeness (QED) is 0.795. The van der Waals surface area contributed by atoms with Crippen LogP contribution in [0.25, 0.3) is 0 Å². The monoisotopic (exact) mass is 311 g/mol. The van der Waals surface area contributed by atoms with E-state index in [1.165, 1.54) is 26.2 Å². The number of sulfonamides is 1. The topological polar surface area (TPSA) is 92.5 Å². The fraction of sp³-hybridized carbons (Fsp3) is 0.500. The van der Waals surface area contributed by atoms with Crippen LogP contribution in [0.15, 0.2) is 29.2 Å². The van der Waals surface area contributed by atoms with Gasteiger partial charge in [-0.2, -0.15) is 0 Å². The summed E-state index contributed by atoms with van der Waals surface area (Å²) < 4.78 is 25.2. The third-order valence-corrected chi connectivity index (χ3v) is 5.60. The normalized spacial score (nSPS) is 18.5. The molecule has 2 rings (SSSR count). The molecule has 3 N–H and O–H groups in total. The van der Waals surface area contributed by atoms with Crippen LogP contribution < -0.4 is 11.1 Å². The molecular formula is C14H21N3O3S. The number of nitrogens with zero attached hydrogens (tertiary/aromatic N) is 1. The van der Waals surface area contributed by atoms with Gasteiger partial charge >= 0.3 is 0 Å². The lowest BCUT2D eigenvalue weighted by Crippen LogP contribution is -2.51. The third kappa shape index (κ3) is 3.09. The third-order valence-electron chi connectivity index (χ3n) is 3.77. The molecule has 21 heavy (non-hydrogen) atoms. The van der Waals surface area contributed by atoms with Gasteiger partial charge in [0.05, 0.1) is 4.90 Å². The van der Waals surface area contributed by atoms with Gasteiger partial charge in [0.1, 0.15) is 5.54 Å². The van der Waals surface area contributed by atoms with E-state index in [1.54, 1.807) is 19.1 Å². The van der Waals surface area contributed by atoms with Crippen LogP contribution in [-0.4, -0.2) is 38.8 Å². The van der Waals surface area contributed by atoms with Crippen molar-refractivity contribution in [3.05, 3.63) is 29.8 Å². The van der Waals surface area contributed by atoms with E-state index in [-0.39, 0.29) is 4.90 Å². The van der Waals surface area contributed by atoms with Crippen LogP contribution in [0.4, 0.5) is 0 Å². The maximum atomic E-state index is 12.0. The Kier molecular flexibility index (Phi) is 4.10. The molecule has 1 aliphatic rings. The molecule has 1 aromatic carbocycles. The van der Waals surface area contributed by atoms with E-state index in [4.69, 9.17) is 5.73 Å². The minimum absolute atomic E-state index is 0.189. The second-order valence-corrected chi connectivity index (χ2v) is 7.87. The van der Waals surface area contributed by atoms with Gasteiger partial charge in [-0.25, -0.2) is 12.7 Å². The van der Waals surface area contributed by atoms with Gasteiger partial charge in [0.2, 0.25) is 15.9 Å². The van der Waals surface area contributed by atoms with Crippen molar-refractivity contribution in [3.8, 4) is 0 Å². The van der Waals surface area contributed by atoms with Crippen LogP contribution in [0, 0.1) is 0 Å². The molecule has 1 saturated carbocycles. The Hall–Kier alpha value is -1.44. The number of nitrogens with two attached hydrogens (primary N) is 1. The number of hydrogen-bond acceptors (Lipinski definition) is 4. The predicted octanol–water partition coefficient (Wildman–Crippen LogP) is 0.389. The lowest BCUT2D eigenvalue weighted by Gasteiger charge is -2.28. The SMILES string of the molecule is CN(C)S(=O)(=O)c1ccc(C(C)(NC2CC2)C(N)=O)cc1. The first-order valence-electron chi connectivity index (χ1n) is 6.78. The lowest BCUT2D eigenvalue weighted by molar-refractivity contribution is -0.124. The Bertz CT molecular complexity index is 636. The van der Waals surface area contributed by atoms with Crippen LogP contribution >= 0.6 is 0 Å². The molecule has 0 heterocycles. The summed E-state index contributed by atoms with van der Waals surface area (Å²) in [5.41, 5.74) is 5.20. The average molecular weight is 311 g/mol. The fourth-order valence-corrected chi connectivity index (χ4v) is 3.01. The minimum Gasteiger partial charge on any atom is -0.368 e. The number of primary amides is 1. The molecule has 0 radical (unpaired) electrons. The molecule has 1 aliphatic carbocycles. The highest BCUT2D eigenvalue weighted by atomic mass is 32.2. The molecule has 7 heteroatoms. The molecular weight excluding hydrogens is 290 g/mol. The molecule has 1 aromatic rings. The summed E-state index contributed by atoms with van der Waals surface area (Å²) in [6.45, 7) is 1.73. The second-order valence-electron chi connectivity index (χ2n) is 5.72. The van der Waals surface area contributed by atoms with Gasteiger partial charge in [-0.15, -0.1) is 0 Å². The van der Waals surface area contributed by atoms with E-state index >= 15 is 0 Å². The Morgan fingerprint density at radius 2 is 1.81 bits per heavy atom. The van der Waals surface area contributed by atoms with Gasteiger partial charge in [0, 0.05) is 20.1 Å². The van der Waals surface area contributed by atoms with E-state index in [0.29, 0.717) is 11.6 Å². The molecule has 0 aliphatic heterocycles. The molecule has 1 unspecified atom stereocenters. The van der Waals surface area contributed by atoms with Crippen molar-refractivity contribution >= 4 is 15.9 Å². The molecule has 0 aromatic heterocycles. The van der Waals surface area contributed by atoms with E-state index in [2.05, 4.69) is 5.32 Å². The van der Waals surface area contributed by atoms with Crippen molar-refractivity contribution in [2.75, 3.05) is 14.1 Å². The Morgan fingerprint density at radius 3 is 2.19 bits per heavy atom. The summed E-state index contributed by atoms with van der Waals surface area (Å²) in [6.07, 6.45) is 2.05.